The third kappa shape index (κ3) is 3.69. The molecular weight excluding hydrogens is 367 g/mol. The van der Waals surface area contributed by atoms with Gasteiger partial charge in [-0.3, -0.25) is 4.79 Å². The second-order valence-electron chi connectivity index (χ2n) is 3.17. The predicted octanol–water partition coefficient (Wildman–Crippen LogP) is 3.88. The fraction of sp³-hybridized carbons (Fsp3) is 0.182. The van der Waals surface area contributed by atoms with E-state index in [2.05, 4.69) is 4.74 Å². The summed E-state index contributed by atoms with van der Waals surface area (Å²) < 4.78 is 57.7. The van der Waals surface area contributed by atoms with Gasteiger partial charge in [0.1, 0.15) is 0 Å². The molecule has 0 unspecified atom stereocenters. The van der Waals surface area contributed by atoms with Crippen LogP contribution in [0.5, 0.6) is 5.75 Å². The number of esters is 1. The van der Waals surface area contributed by atoms with Crippen LogP contribution in [-0.2, 0) is 4.79 Å². The summed E-state index contributed by atoms with van der Waals surface area (Å²) in [6, 6.07) is 0.0425. The van der Waals surface area contributed by atoms with Crippen LogP contribution in [0.2, 0.25) is 0 Å². The van der Waals surface area contributed by atoms with Crippen molar-refractivity contribution < 1.29 is 27.1 Å². The van der Waals surface area contributed by atoms with Crippen molar-refractivity contribution in [2.45, 2.75) is 12.8 Å². The molecule has 0 aliphatic carbocycles. The Bertz CT molecular complexity index is 462. The smallest absolute Gasteiger partial charge is 0.311 e. The SMILES string of the molecule is O=C(CCC=CI)Oc1c(F)c(F)cc(F)c1F. The number of hydrogen-bond donors (Lipinski definition) is 0. The van der Waals surface area contributed by atoms with E-state index < -0.39 is 35.0 Å². The number of ether oxygens (including phenoxy) is 1. The normalized spacial score (nSPS) is 10.9. The molecule has 0 fully saturated rings. The Labute approximate surface area is 114 Å². The van der Waals surface area contributed by atoms with Crippen molar-refractivity contribution in [3.63, 3.8) is 0 Å². The van der Waals surface area contributed by atoms with E-state index in [1.165, 1.54) is 0 Å². The maximum Gasteiger partial charge on any atom is 0.311 e. The highest BCUT2D eigenvalue weighted by atomic mass is 127. The van der Waals surface area contributed by atoms with Crippen LogP contribution in [0.15, 0.2) is 16.2 Å². The number of carbonyl (C=O) groups excluding carboxylic acids is 1. The molecule has 1 aromatic carbocycles. The number of benzene rings is 1. The summed E-state index contributed by atoms with van der Waals surface area (Å²) in [6.07, 6.45) is 1.76. The lowest BCUT2D eigenvalue weighted by atomic mass is 10.3. The van der Waals surface area contributed by atoms with Crippen LogP contribution in [0.3, 0.4) is 0 Å². The van der Waals surface area contributed by atoms with Crippen molar-refractivity contribution in [1.82, 2.24) is 0 Å². The summed E-state index contributed by atoms with van der Waals surface area (Å²) in [5.74, 6) is -9.03. The zero-order chi connectivity index (χ0) is 13.7. The van der Waals surface area contributed by atoms with Gasteiger partial charge in [0, 0.05) is 12.5 Å². The van der Waals surface area contributed by atoms with E-state index in [-0.39, 0.29) is 12.5 Å². The molecule has 0 aliphatic heterocycles. The first-order chi connectivity index (χ1) is 8.47. The lowest BCUT2D eigenvalue weighted by Gasteiger charge is -2.07. The Morgan fingerprint density at radius 2 is 1.78 bits per heavy atom. The Kier molecular flexibility index (Phi) is 5.57. The Morgan fingerprint density at radius 1 is 1.22 bits per heavy atom. The number of allylic oxidation sites excluding steroid dienone is 1. The van der Waals surface area contributed by atoms with Crippen LogP contribution in [0.25, 0.3) is 0 Å². The lowest BCUT2D eigenvalue weighted by Crippen LogP contribution is -2.11. The molecule has 1 rings (SSSR count). The van der Waals surface area contributed by atoms with Gasteiger partial charge < -0.3 is 4.74 Å². The number of carbonyl (C=O) groups is 1. The summed E-state index contributed by atoms with van der Waals surface area (Å²) in [5.41, 5.74) is 0. The molecule has 2 nitrogen and oxygen atoms in total. The first kappa shape index (κ1) is 14.9. The molecule has 0 bridgehead atoms. The van der Waals surface area contributed by atoms with E-state index in [9.17, 15) is 22.4 Å². The molecule has 1 aromatic rings. The maximum atomic E-state index is 13.1. The van der Waals surface area contributed by atoms with E-state index in [4.69, 9.17) is 0 Å². The number of halogens is 5. The summed E-state index contributed by atoms with van der Waals surface area (Å²) in [7, 11) is 0. The Morgan fingerprint density at radius 3 is 2.28 bits per heavy atom. The predicted molar refractivity (Wildman–Crippen MR) is 64.3 cm³/mol. The molecular formula is C11H7F4IO2. The molecule has 0 atom stereocenters. The van der Waals surface area contributed by atoms with E-state index in [0.717, 1.165) is 0 Å². The summed E-state index contributed by atoms with van der Waals surface area (Å²) >= 11 is 1.93. The van der Waals surface area contributed by atoms with E-state index in [0.29, 0.717) is 6.42 Å². The van der Waals surface area contributed by atoms with Crippen LogP contribution in [-0.4, -0.2) is 5.97 Å². The monoisotopic (exact) mass is 374 g/mol. The van der Waals surface area contributed by atoms with Crippen molar-refractivity contribution in [2.75, 3.05) is 0 Å². The summed E-state index contributed by atoms with van der Waals surface area (Å²) in [4.78, 5) is 11.2. The summed E-state index contributed by atoms with van der Waals surface area (Å²) in [5, 5.41) is 0. The third-order valence-corrected chi connectivity index (χ3v) is 2.40. The minimum atomic E-state index is -1.73. The second kappa shape index (κ2) is 6.72. The zero-order valence-electron chi connectivity index (χ0n) is 8.85. The average molecular weight is 374 g/mol. The maximum absolute atomic E-state index is 13.1. The van der Waals surface area contributed by atoms with Gasteiger partial charge in [0.25, 0.3) is 0 Å². The van der Waals surface area contributed by atoms with E-state index >= 15 is 0 Å². The fourth-order valence-corrected chi connectivity index (χ4v) is 1.43. The van der Waals surface area contributed by atoms with E-state index in [1.807, 2.05) is 22.6 Å². The van der Waals surface area contributed by atoms with Gasteiger partial charge in [0.2, 0.25) is 17.4 Å². The van der Waals surface area contributed by atoms with Crippen LogP contribution in [0, 0.1) is 23.3 Å². The van der Waals surface area contributed by atoms with Crippen LogP contribution in [0.1, 0.15) is 12.8 Å². The highest BCUT2D eigenvalue weighted by Crippen LogP contribution is 2.26. The van der Waals surface area contributed by atoms with Gasteiger partial charge in [-0.1, -0.05) is 28.7 Å². The van der Waals surface area contributed by atoms with Crippen LogP contribution >= 0.6 is 22.6 Å². The Hall–Kier alpha value is -1.12. The first-order valence-corrected chi connectivity index (χ1v) is 6.00. The fourth-order valence-electron chi connectivity index (χ4n) is 1.07. The average Bonchev–Trinajstić information content (AvgIpc) is 2.32. The van der Waals surface area contributed by atoms with Crippen molar-refractivity contribution in [2.24, 2.45) is 0 Å². The van der Waals surface area contributed by atoms with Gasteiger partial charge in [-0.05, 0) is 10.5 Å². The molecule has 0 heterocycles. The highest BCUT2D eigenvalue weighted by Gasteiger charge is 2.22. The third-order valence-electron chi connectivity index (χ3n) is 1.89. The largest absolute Gasteiger partial charge is 0.420 e. The van der Waals surface area contributed by atoms with Crippen LogP contribution in [0.4, 0.5) is 17.6 Å². The quantitative estimate of drug-likeness (QED) is 0.263. The molecule has 0 N–H and O–H groups in total. The first-order valence-electron chi connectivity index (χ1n) is 4.76. The highest BCUT2D eigenvalue weighted by molar-refractivity contribution is 14.1. The van der Waals surface area contributed by atoms with Gasteiger partial charge in [-0.25, -0.2) is 8.78 Å². The molecule has 98 valence electrons. The van der Waals surface area contributed by atoms with Gasteiger partial charge in [0.05, 0.1) is 0 Å². The van der Waals surface area contributed by atoms with Crippen molar-refractivity contribution in [1.29, 1.82) is 0 Å². The second-order valence-corrected chi connectivity index (χ2v) is 3.89. The molecule has 0 amide bonds. The molecule has 0 saturated heterocycles. The number of rotatable bonds is 4. The topological polar surface area (TPSA) is 26.3 Å². The van der Waals surface area contributed by atoms with Crippen molar-refractivity contribution in [3.8, 4) is 5.75 Å². The molecule has 0 saturated carbocycles. The zero-order valence-corrected chi connectivity index (χ0v) is 11.0. The van der Waals surface area contributed by atoms with Gasteiger partial charge in [-0.2, -0.15) is 8.78 Å². The molecule has 0 spiro atoms. The molecule has 7 heteroatoms. The minimum absolute atomic E-state index is 0.0425. The van der Waals surface area contributed by atoms with Crippen LogP contribution < -0.4 is 4.74 Å². The molecule has 0 radical (unpaired) electrons. The minimum Gasteiger partial charge on any atom is -0.420 e. The summed E-state index contributed by atoms with van der Waals surface area (Å²) in [6.45, 7) is 0. The van der Waals surface area contributed by atoms with Crippen molar-refractivity contribution >= 4 is 28.6 Å². The van der Waals surface area contributed by atoms with Gasteiger partial charge in [0.15, 0.2) is 11.6 Å². The van der Waals surface area contributed by atoms with Gasteiger partial charge in [-0.15, -0.1) is 0 Å². The molecule has 0 aliphatic rings. The Balaban J connectivity index is 2.87. The van der Waals surface area contributed by atoms with Gasteiger partial charge >= 0.3 is 5.97 Å². The standard InChI is InChI=1S/C11H7F4IO2/c12-6-5-7(13)10(15)11(9(6)14)18-8(17)3-1-2-4-16/h2,4-5H,1,3H2. The number of hydrogen-bond acceptors (Lipinski definition) is 2. The molecule has 18 heavy (non-hydrogen) atoms. The van der Waals surface area contributed by atoms with E-state index in [1.54, 1.807) is 10.2 Å². The lowest BCUT2D eigenvalue weighted by molar-refractivity contribution is -0.134. The molecule has 0 aromatic heterocycles. The van der Waals surface area contributed by atoms with Crippen molar-refractivity contribution in [3.05, 3.63) is 39.5 Å².